The molecule has 0 bridgehead atoms. The van der Waals surface area contributed by atoms with Gasteiger partial charge in [-0.15, -0.1) is 0 Å². The molecule has 1 aliphatic carbocycles. The maximum Gasteiger partial charge on any atom is 0.335 e. The smallest absolute Gasteiger partial charge is 0.335 e. The Morgan fingerprint density at radius 1 is 1.12 bits per heavy atom. The summed E-state index contributed by atoms with van der Waals surface area (Å²) in [6.45, 7) is 1.42. The van der Waals surface area contributed by atoms with Crippen molar-refractivity contribution in [2.24, 2.45) is 0 Å². The Hall–Kier alpha value is -3.61. The predicted octanol–water partition coefficient (Wildman–Crippen LogP) is 4.05. The van der Waals surface area contributed by atoms with Crippen molar-refractivity contribution >= 4 is 22.8 Å². The number of nitrogens with zero attached hydrogens (tertiary/aromatic N) is 1. The maximum absolute atomic E-state index is 12.6. The van der Waals surface area contributed by atoms with Gasteiger partial charge >= 0.3 is 5.97 Å². The van der Waals surface area contributed by atoms with Gasteiger partial charge in [0.25, 0.3) is 0 Å². The minimum absolute atomic E-state index is 0.0838. The van der Waals surface area contributed by atoms with E-state index in [1.54, 1.807) is 12.3 Å². The molecule has 2 N–H and O–H groups in total. The first-order valence-corrected chi connectivity index (χ1v) is 10.7. The van der Waals surface area contributed by atoms with Crippen LogP contribution in [-0.2, 0) is 4.79 Å². The quantitative estimate of drug-likeness (QED) is 0.610. The van der Waals surface area contributed by atoms with E-state index in [2.05, 4.69) is 5.32 Å². The number of carbonyl (C=O) groups excluding carboxylic acids is 1. The predicted molar refractivity (Wildman–Crippen MR) is 121 cm³/mol. The van der Waals surface area contributed by atoms with E-state index >= 15 is 0 Å². The zero-order chi connectivity index (χ0) is 22.8. The Labute approximate surface area is 185 Å². The molecule has 1 unspecified atom stereocenters. The zero-order valence-corrected chi connectivity index (χ0v) is 18.1. The van der Waals surface area contributed by atoms with E-state index in [9.17, 15) is 19.5 Å². The highest BCUT2D eigenvalue weighted by Gasteiger charge is 2.23. The maximum atomic E-state index is 12.6. The minimum Gasteiger partial charge on any atom is -0.496 e. The molecule has 1 saturated carbocycles. The number of pyridine rings is 1. The molecule has 1 aliphatic rings. The molecule has 166 valence electrons. The molecule has 0 radical (unpaired) electrons. The second-order valence-electron chi connectivity index (χ2n) is 8.21. The molecule has 3 aromatic rings. The van der Waals surface area contributed by atoms with Crippen molar-refractivity contribution in [1.82, 2.24) is 9.88 Å². The number of aromatic nitrogens is 1. The Bertz CT molecular complexity index is 1240. The van der Waals surface area contributed by atoms with Crippen molar-refractivity contribution in [2.75, 3.05) is 7.11 Å². The Morgan fingerprint density at radius 2 is 1.88 bits per heavy atom. The molecular formula is C25H26N2O5. The Balaban J connectivity index is 1.92. The van der Waals surface area contributed by atoms with Gasteiger partial charge in [0, 0.05) is 30.1 Å². The van der Waals surface area contributed by atoms with Gasteiger partial charge in [-0.2, -0.15) is 0 Å². The van der Waals surface area contributed by atoms with E-state index in [1.165, 1.54) is 50.6 Å². The van der Waals surface area contributed by atoms with Gasteiger partial charge in [-0.05, 0) is 48.6 Å². The van der Waals surface area contributed by atoms with E-state index in [4.69, 9.17) is 4.74 Å². The number of hydrogen-bond acceptors (Lipinski definition) is 4. The monoisotopic (exact) mass is 434 g/mol. The number of ether oxygens (including phenoxy) is 1. The highest BCUT2D eigenvalue weighted by atomic mass is 16.5. The molecule has 1 aromatic heterocycles. The number of carboxylic acids is 1. The highest BCUT2D eigenvalue weighted by Crippen LogP contribution is 2.36. The molecule has 7 nitrogen and oxygen atoms in total. The topological polar surface area (TPSA) is 97.6 Å². The largest absolute Gasteiger partial charge is 0.496 e. The van der Waals surface area contributed by atoms with Gasteiger partial charge in [-0.3, -0.25) is 9.59 Å². The summed E-state index contributed by atoms with van der Waals surface area (Å²) >= 11 is 0. The van der Waals surface area contributed by atoms with Crippen molar-refractivity contribution in [3.8, 4) is 5.75 Å². The first-order chi connectivity index (χ1) is 15.4. The van der Waals surface area contributed by atoms with Gasteiger partial charge in [-0.1, -0.05) is 25.0 Å². The molecule has 0 spiro atoms. The van der Waals surface area contributed by atoms with Crippen LogP contribution < -0.4 is 15.5 Å². The second-order valence-corrected chi connectivity index (χ2v) is 8.21. The fourth-order valence-electron chi connectivity index (χ4n) is 4.59. The first kappa shape index (κ1) is 21.6. The van der Waals surface area contributed by atoms with Gasteiger partial charge in [0.15, 0.2) is 5.43 Å². The van der Waals surface area contributed by atoms with E-state index in [0.717, 1.165) is 12.8 Å². The summed E-state index contributed by atoms with van der Waals surface area (Å²) in [5, 5.41) is 12.8. The van der Waals surface area contributed by atoms with E-state index in [-0.39, 0.29) is 16.9 Å². The second kappa shape index (κ2) is 8.86. The molecule has 32 heavy (non-hydrogen) atoms. The number of amides is 1. The first-order valence-electron chi connectivity index (χ1n) is 10.7. The summed E-state index contributed by atoms with van der Waals surface area (Å²) in [5.41, 5.74) is 2.47. The van der Waals surface area contributed by atoms with E-state index < -0.39 is 12.1 Å². The number of fused-ring (bicyclic) bond motifs is 1. The number of rotatable bonds is 6. The fraction of sp³-hybridized carbons (Fsp3) is 0.320. The molecule has 4 rings (SSSR count). The average molecular weight is 434 g/mol. The Kier molecular flexibility index (Phi) is 5.99. The van der Waals surface area contributed by atoms with Crippen molar-refractivity contribution in [3.63, 3.8) is 0 Å². The van der Waals surface area contributed by atoms with Crippen molar-refractivity contribution in [1.29, 1.82) is 0 Å². The summed E-state index contributed by atoms with van der Waals surface area (Å²) < 4.78 is 7.31. The third kappa shape index (κ3) is 4.10. The average Bonchev–Trinajstić information content (AvgIpc) is 3.32. The summed E-state index contributed by atoms with van der Waals surface area (Å²) in [4.78, 5) is 36.1. The molecule has 0 saturated heterocycles. The number of benzene rings is 2. The van der Waals surface area contributed by atoms with Crippen LogP contribution in [0.4, 0.5) is 0 Å². The normalized spacial score (nSPS) is 14.9. The van der Waals surface area contributed by atoms with Crippen molar-refractivity contribution in [3.05, 3.63) is 75.6 Å². The highest BCUT2D eigenvalue weighted by molar-refractivity contribution is 5.88. The van der Waals surface area contributed by atoms with Crippen LogP contribution in [0.25, 0.3) is 10.9 Å². The molecule has 2 aromatic carbocycles. The van der Waals surface area contributed by atoms with Crippen LogP contribution in [0.1, 0.15) is 66.2 Å². The molecule has 0 aliphatic heterocycles. The van der Waals surface area contributed by atoms with Gasteiger partial charge in [0.05, 0.1) is 18.2 Å². The lowest BCUT2D eigenvalue weighted by atomic mass is 9.96. The Morgan fingerprint density at radius 3 is 2.53 bits per heavy atom. The summed E-state index contributed by atoms with van der Waals surface area (Å²) in [7, 11) is 1.46. The third-order valence-corrected chi connectivity index (χ3v) is 6.17. The van der Waals surface area contributed by atoms with Crippen LogP contribution in [0, 0.1) is 0 Å². The van der Waals surface area contributed by atoms with Gasteiger partial charge in [0.1, 0.15) is 11.9 Å². The zero-order valence-electron chi connectivity index (χ0n) is 18.1. The van der Waals surface area contributed by atoms with Crippen LogP contribution >= 0.6 is 0 Å². The molecule has 1 fully saturated rings. The van der Waals surface area contributed by atoms with E-state index in [0.29, 0.717) is 28.1 Å². The number of carboxylic acid groups (broad SMARTS) is 1. The number of carbonyl (C=O) groups is 2. The standard InChI is InChI=1S/C25H26N2O5/c1-15(28)26-24(20-10-8-18(25(30)31)14-23(20)32-2)27-12-11-22(29)19-9-7-17(13-21(19)27)16-5-3-4-6-16/h7-14,16,24H,3-6H2,1-2H3,(H,26,28)(H,30,31). The molecule has 1 atom stereocenters. The summed E-state index contributed by atoms with van der Waals surface area (Å²) in [6, 6.07) is 11.9. The van der Waals surface area contributed by atoms with Crippen LogP contribution in [0.15, 0.2) is 53.5 Å². The van der Waals surface area contributed by atoms with Crippen LogP contribution in [0.3, 0.4) is 0 Å². The van der Waals surface area contributed by atoms with Gasteiger partial charge in [0.2, 0.25) is 5.91 Å². The van der Waals surface area contributed by atoms with Crippen LogP contribution in [-0.4, -0.2) is 28.7 Å². The number of methoxy groups -OCH3 is 1. The van der Waals surface area contributed by atoms with Gasteiger partial charge in [-0.25, -0.2) is 4.79 Å². The lowest BCUT2D eigenvalue weighted by Gasteiger charge is -2.26. The molecular weight excluding hydrogens is 408 g/mol. The molecule has 1 amide bonds. The lowest BCUT2D eigenvalue weighted by Crippen LogP contribution is -2.32. The number of nitrogens with one attached hydrogen (secondary N) is 1. The van der Waals surface area contributed by atoms with Crippen molar-refractivity contribution < 1.29 is 19.4 Å². The van der Waals surface area contributed by atoms with Crippen LogP contribution in [0.2, 0.25) is 0 Å². The minimum atomic E-state index is -1.07. The van der Waals surface area contributed by atoms with Crippen LogP contribution in [0.5, 0.6) is 5.75 Å². The van der Waals surface area contributed by atoms with Crippen molar-refractivity contribution in [2.45, 2.75) is 44.7 Å². The fourth-order valence-corrected chi connectivity index (χ4v) is 4.59. The molecule has 7 heteroatoms. The summed E-state index contributed by atoms with van der Waals surface area (Å²) in [6.07, 6.45) is 5.63. The van der Waals surface area contributed by atoms with E-state index in [1.807, 2.05) is 22.8 Å². The number of hydrogen-bond donors (Lipinski definition) is 2. The van der Waals surface area contributed by atoms with Gasteiger partial charge < -0.3 is 19.7 Å². The molecule has 1 heterocycles. The third-order valence-electron chi connectivity index (χ3n) is 6.17. The lowest BCUT2D eigenvalue weighted by molar-refractivity contribution is -0.119. The SMILES string of the molecule is COc1cc(C(=O)O)ccc1C(NC(C)=O)n1ccc(=O)c2ccc(C3CCCC3)cc21. The summed E-state index contributed by atoms with van der Waals surface area (Å²) in [5.74, 6) is -0.534. The number of aromatic carboxylic acids is 1.